The molecule has 0 atom stereocenters. The molecule has 0 amide bonds. The van der Waals surface area contributed by atoms with E-state index in [1.807, 2.05) is 17.5 Å². The molecule has 2 heterocycles. The third-order valence-electron chi connectivity index (χ3n) is 3.93. The van der Waals surface area contributed by atoms with E-state index in [9.17, 15) is 9.18 Å². The lowest BCUT2D eigenvalue weighted by Gasteiger charge is -2.03. The molecule has 1 N–H and O–H groups in total. The molecule has 0 aliphatic heterocycles. The molecular weight excluding hydrogens is 359 g/mol. The van der Waals surface area contributed by atoms with Crippen LogP contribution in [0.3, 0.4) is 0 Å². The number of nitrogens with one attached hydrogen (secondary N) is 1. The average Bonchev–Trinajstić information content (AvgIpc) is 3.02. The smallest absolute Gasteiger partial charge is 0.260 e. The fourth-order valence-electron chi connectivity index (χ4n) is 2.71. The van der Waals surface area contributed by atoms with Crippen LogP contribution in [0.25, 0.3) is 21.3 Å². The van der Waals surface area contributed by atoms with E-state index in [1.165, 1.54) is 23.5 Å². The SMILES string of the molecule is O=c1[nH]c(Cc2ccc(F)cc2)nc2scc(-c3ccc(Cl)cc3)c12. The summed E-state index contributed by atoms with van der Waals surface area (Å²) in [5.41, 5.74) is 2.49. The number of aromatic nitrogens is 2. The fraction of sp³-hybridized carbons (Fsp3) is 0.0526. The topological polar surface area (TPSA) is 45.8 Å². The summed E-state index contributed by atoms with van der Waals surface area (Å²) >= 11 is 7.36. The number of hydrogen-bond donors (Lipinski definition) is 1. The first-order valence-electron chi connectivity index (χ1n) is 7.61. The predicted molar refractivity (Wildman–Crippen MR) is 99.9 cm³/mol. The van der Waals surface area contributed by atoms with Crippen LogP contribution >= 0.6 is 22.9 Å². The Hall–Kier alpha value is -2.50. The van der Waals surface area contributed by atoms with E-state index in [1.54, 1.807) is 24.3 Å². The maximum Gasteiger partial charge on any atom is 0.260 e. The molecule has 4 aromatic rings. The predicted octanol–water partition coefficient (Wildman–Crippen LogP) is 5.03. The average molecular weight is 371 g/mol. The fourth-order valence-corrected chi connectivity index (χ4v) is 3.81. The van der Waals surface area contributed by atoms with Gasteiger partial charge in [-0.1, -0.05) is 35.9 Å². The Labute approximate surface area is 151 Å². The molecule has 0 fully saturated rings. The maximum atomic E-state index is 13.0. The minimum Gasteiger partial charge on any atom is -0.310 e. The zero-order valence-electron chi connectivity index (χ0n) is 12.9. The zero-order valence-corrected chi connectivity index (χ0v) is 14.5. The van der Waals surface area contributed by atoms with E-state index < -0.39 is 0 Å². The highest BCUT2D eigenvalue weighted by molar-refractivity contribution is 7.17. The number of halogens is 2. The van der Waals surface area contributed by atoms with Gasteiger partial charge in [0.1, 0.15) is 16.5 Å². The van der Waals surface area contributed by atoms with Gasteiger partial charge < -0.3 is 4.98 Å². The second kappa shape index (κ2) is 6.43. The Morgan fingerprint density at radius 2 is 1.80 bits per heavy atom. The lowest BCUT2D eigenvalue weighted by atomic mass is 10.1. The van der Waals surface area contributed by atoms with Crippen molar-refractivity contribution in [1.29, 1.82) is 0 Å². The van der Waals surface area contributed by atoms with Crippen LogP contribution in [0.2, 0.25) is 5.02 Å². The summed E-state index contributed by atoms with van der Waals surface area (Å²) in [6, 6.07) is 13.5. The summed E-state index contributed by atoms with van der Waals surface area (Å²) < 4.78 is 13.0. The van der Waals surface area contributed by atoms with Gasteiger partial charge in [-0.05, 0) is 35.4 Å². The first-order valence-corrected chi connectivity index (χ1v) is 8.87. The Morgan fingerprint density at radius 1 is 1.08 bits per heavy atom. The second-order valence-electron chi connectivity index (χ2n) is 5.65. The van der Waals surface area contributed by atoms with Crippen molar-refractivity contribution in [2.24, 2.45) is 0 Å². The molecule has 6 heteroatoms. The van der Waals surface area contributed by atoms with Gasteiger partial charge in [-0.3, -0.25) is 4.79 Å². The summed E-state index contributed by atoms with van der Waals surface area (Å²) in [6.07, 6.45) is 0.444. The number of fused-ring (bicyclic) bond motifs is 1. The van der Waals surface area contributed by atoms with Crippen molar-refractivity contribution in [2.75, 3.05) is 0 Å². The zero-order chi connectivity index (χ0) is 17.4. The van der Waals surface area contributed by atoms with Gasteiger partial charge in [-0.15, -0.1) is 11.3 Å². The van der Waals surface area contributed by atoms with Crippen molar-refractivity contribution in [3.05, 3.63) is 86.5 Å². The van der Waals surface area contributed by atoms with Gasteiger partial charge in [0.05, 0.1) is 5.39 Å². The van der Waals surface area contributed by atoms with Crippen molar-refractivity contribution >= 4 is 33.2 Å². The molecule has 0 radical (unpaired) electrons. The third-order valence-corrected chi connectivity index (χ3v) is 5.06. The molecule has 0 bridgehead atoms. The summed E-state index contributed by atoms with van der Waals surface area (Å²) in [5, 5.41) is 3.16. The second-order valence-corrected chi connectivity index (χ2v) is 6.95. The molecule has 0 aliphatic rings. The van der Waals surface area contributed by atoms with E-state index >= 15 is 0 Å². The van der Waals surface area contributed by atoms with Gasteiger partial charge in [0.2, 0.25) is 0 Å². The minimum atomic E-state index is -0.286. The quantitative estimate of drug-likeness (QED) is 0.549. The molecule has 4 rings (SSSR count). The van der Waals surface area contributed by atoms with Crippen LogP contribution in [0.5, 0.6) is 0 Å². The molecule has 0 unspecified atom stereocenters. The molecule has 0 saturated heterocycles. The maximum absolute atomic E-state index is 13.0. The molecule has 0 spiro atoms. The van der Waals surface area contributed by atoms with Gasteiger partial charge in [0.25, 0.3) is 5.56 Å². The number of nitrogens with zero attached hydrogens (tertiary/aromatic N) is 1. The van der Waals surface area contributed by atoms with Crippen LogP contribution in [0.4, 0.5) is 4.39 Å². The highest BCUT2D eigenvalue weighted by Gasteiger charge is 2.13. The van der Waals surface area contributed by atoms with Crippen molar-refractivity contribution in [3.63, 3.8) is 0 Å². The lowest BCUT2D eigenvalue weighted by molar-refractivity contribution is 0.627. The van der Waals surface area contributed by atoms with Gasteiger partial charge >= 0.3 is 0 Å². The minimum absolute atomic E-state index is 0.173. The Balaban J connectivity index is 1.75. The van der Waals surface area contributed by atoms with Gasteiger partial charge in [0, 0.05) is 22.4 Å². The summed E-state index contributed by atoms with van der Waals surface area (Å²) in [4.78, 5) is 20.7. The third kappa shape index (κ3) is 3.21. The standard InChI is InChI=1S/C19H12ClFN2OS/c20-13-5-3-12(4-6-13)15-10-25-19-17(15)18(24)22-16(23-19)9-11-1-7-14(21)8-2-11/h1-8,10H,9H2,(H,22,23,24). The Bertz CT molecular complexity index is 1100. The Morgan fingerprint density at radius 3 is 2.52 bits per heavy atom. The molecule has 2 aromatic carbocycles. The van der Waals surface area contributed by atoms with Crippen LogP contribution in [-0.2, 0) is 6.42 Å². The summed E-state index contributed by atoms with van der Waals surface area (Å²) in [5.74, 6) is 0.278. The molecular formula is C19H12ClFN2OS. The van der Waals surface area contributed by atoms with Crippen LogP contribution in [-0.4, -0.2) is 9.97 Å². The largest absolute Gasteiger partial charge is 0.310 e. The molecule has 3 nitrogen and oxygen atoms in total. The van der Waals surface area contributed by atoms with Gasteiger partial charge in [0.15, 0.2) is 0 Å². The van der Waals surface area contributed by atoms with Crippen LogP contribution in [0.15, 0.2) is 58.7 Å². The number of rotatable bonds is 3. The summed E-state index contributed by atoms with van der Waals surface area (Å²) in [7, 11) is 0. The number of benzene rings is 2. The van der Waals surface area contributed by atoms with E-state index in [2.05, 4.69) is 9.97 Å². The van der Waals surface area contributed by atoms with Crippen molar-refractivity contribution in [2.45, 2.75) is 6.42 Å². The molecule has 2 aromatic heterocycles. The van der Waals surface area contributed by atoms with Crippen molar-refractivity contribution in [3.8, 4) is 11.1 Å². The molecule has 25 heavy (non-hydrogen) atoms. The Kier molecular flexibility index (Phi) is 4.11. The van der Waals surface area contributed by atoms with E-state index in [-0.39, 0.29) is 11.4 Å². The van der Waals surface area contributed by atoms with Crippen LogP contribution in [0.1, 0.15) is 11.4 Å². The normalized spacial score (nSPS) is 11.1. The molecule has 124 valence electrons. The van der Waals surface area contributed by atoms with Crippen molar-refractivity contribution < 1.29 is 4.39 Å². The number of aromatic amines is 1. The number of H-pyrrole nitrogens is 1. The monoisotopic (exact) mass is 370 g/mol. The molecule has 0 aliphatic carbocycles. The lowest BCUT2D eigenvalue weighted by Crippen LogP contribution is -2.11. The highest BCUT2D eigenvalue weighted by atomic mass is 35.5. The van der Waals surface area contributed by atoms with Crippen LogP contribution < -0.4 is 5.56 Å². The highest BCUT2D eigenvalue weighted by Crippen LogP contribution is 2.31. The van der Waals surface area contributed by atoms with E-state index in [0.717, 1.165) is 16.7 Å². The van der Waals surface area contributed by atoms with Crippen molar-refractivity contribution in [1.82, 2.24) is 9.97 Å². The van der Waals surface area contributed by atoms with E-state index in [0.29, 0.717) is 27.5 Å². The van der Waals surface area contributed by atoms with Gasteiger partial charge in [-0.2, -0.15) is 0 Å². The van der Waals surface area contributed by atoms with Gasteiger partial charge in [-0.25, -0.2) is 9.37 Å². The number of hydrogen-bond acceptors (Lipinski definition) is 3. The number of thiophene rings is 1. The first-order chi connectivity index (χ1) is 12.1. The summed E-state index contributed by atoms with van der Waals surface area (Å²) in [6.45, 7) is 0. The van der Waals surface area contributed by atoms with Crippen LogP contribution in [0, 0.1) is 5.82 Å². The first kappa shape index (κ1) is 16.0. The van der Waals surface area contributed by atoms with E-state index in [4.69, 9.17) is 11.6 Å². The molecule has 0 saturated carbocycles.